The normalized spacial score (nSPS) is 16.7. The van der Waals surface area contributed by atoms with Gasteiger partial charge in [-0.1, -0.05) is 170 Å². The molecule has 0 N–H and O–H groups in total. The van der Waals surface area contributed by atoms with Crippen molar-refractivity contribution in [2.45, 2.75) is 0 Å². The summed E-state index contributed by atoms with van der Waals surface area (Å²) < 4.78 is 8.25. The summed E-state index contributed by atoms with van der Waals surface area (Å²) in [5, 5.41) is 3.44. The Labute approximate surface area is 300 Å². The van der Waals surface area contributed by atoms with E-state index in [1.165, 1.54) is 0 Å². The molecular formula is C44H28N4OTi-4. The summed E-state index contributed by atoms with van der Waals surface area (Å²) in [5.74, 6) is 0. The number of benzene rings is 4. The Bertz CT molecular complexity index is 2300. The molecule has 0 radical (unpaired) electrons. The van der Waals surface area contributed by atoms with Crippen LogP contribution in [0.2, 0.25) is 0 Å². The number of nitrogens with zero attached hydrogens (tertiary/aromatic N) is 4. The maximum absolute atomic E-state index is 8.25. The largest absolute Gasteiger partial charge is 0.657 e. The summed E-state index contributed by atoms with van der Waals surface area (Å²) in [7, 11) is 0. The molecule has 0 spiro atoms. The first-order valence-electron chi connectivity index (χ1n) is 16.3. The van der Waals surface area contributed by atoms with E-state index in [4.69, 9.17) is 23.3 Å². The predicted octanol–water partition coefficient (Wildman–Crippen LogP) is 4.70. The van der Waals surface area contributed by atoms with E-state index in [-0.39, 0.29) is 0 Å². The molecule has 5 heterocycles. The third-order valence-electron chi connectivity index (χ3n) is 8.86. The molecule has 0 amide bonds. The quantitative estimate of drug-likeness (QED) is 0.253. The minimum atomic E-state index is 0.750. The maximum Gasteiger partial charge on any atom is -0.0208 e. The van der Waals surface area contributed by atoms with E-state index in [9.17, 15) is 0 Å². The third-order valence-corrected chi connectivity index (χ3v) is 8.86. The molecular weight excluding hydrogens is 648 g/mol. The van der Waals surface area contributed by atoms with Crippen molar-refractivity contribution in [3.05, 3.63) is 236 Å². The second-order valence-corrected chi connectivity index (χ2v) is 11.8. The molecule has 6 heteroatoms. The molecule has 5 nitrogen and oxygen atoms in total. The van der Waals surface area contributed by atoms with Crippen molar-refractivity contribution in [2.75, 3.05) is 0 Å². The van der Waals surface area contributed by atoms with Crippen molar-refractivity contribution >= 4 is 22.3 Å². The van der Waals surface area contributed by atoms with Crippen molar-refractivity contribution in [1.82, 2.24) is 19.9 Å². The van der Waals surface area contributed by atoms with Crippen LogP contribution in [0.1, 0.15) is 45.0 Å². The molecule has 4 aromatic heterocycles. The minimum Gasteiger partial charge on any atom is -0.657 e. The van der Waals surface area contributed by atoms with Gasteiger partial charge in [-0.15, -0.1) is 44.2 Å². The number of aromatic nitrogens is 4. The van der Waals surface area contributed by atoms with Crippen LogP contribution in [0.3, 0.4) is 0 Å². The molecule has 8 bridgehead atoms. The van der Waals surface area contributed by atoms with Crippen molar-refractivity contribution in [3.63, 3.8) is 0 Å². The molecule has 0 atom stereocenters. The second-order valence-electron chi connectivity index (χ2n) is 11.8. The standard InChI is InChI=1S/C44H28N4.O.Ti/c1-5-13-29(14-6-1)41-33-21-23-35(45-33)42(30-15-7-2-8-16-30)37-25-27-39(47-37)44(32-19-11-4-12-20-32)40-28-26-38(48-40)43(31-17-9-3-10-18-31)36-24-22-34(41)46-36;;/h1-28H;;/q-4;;/b41-33-,41-34?,42-35-,42-37?,43-36?,43-38-,44-39?,44-40-;;. The fourth-order valence-corrected chi connectivity index (χ4v) is 6.69. The van der Waals surface area contributed by atoms with Gasteiger partial charge in [0.1, 0.15) is 0 Å². The number of hydrogen-bond donors (Lipinski definition) is 0. The van der Waals surface area contributed by atoms with Gasteiger partial charge in [-0.05, 0) is 44.5 Å². The average molecular weight is 677 g/mol. The van der Waals surface area contributed by atoms with Gasteiger partial charge < -0.3 is 19.9 Å². The van der Waals surface area contributed by atoms with Crippen LogP contribution in [-0.4, -0.2) is 0 Å². The van der Waals surface area contributed by atoms with Crippen LogP contribution in [0.4, 0.5) is 0 Å². The zero-order valence-corrected chi connectivity index (χ0v) is 28.4. The topological polar surface area (TPSA) is 73.5 Å². The molecule has 8 aromatic rings. The molecule has 238 valence electrons. The molecule has 1 aliphatic heterocycles. The first kappa shape index (κ1) is 31.3. The van der Waals surface area contributed by atoms with Gasteiger partial charge in [0, 0.05) is 0 Å². The van der Waals surface area contributed by atoms with Crippen LogP contribution in [0.15, 0.2) is 170 Å². The first-order valence-corrected chi connectivity index (χ1v) is 16.9. The van der Waals surface area contributed by atoms with E-state index in [0.29, 0.717) is 0 Å². The Kier molecular flexibility index (Phi) is 8.66. The maximum atomic E-state index is 8.25. The fourth-order valence-electron chi connectivity index (χ4n) is 6.69. The molecule has 1 aliphatic rings. The van der Waals surface area contributed by atoms with Crippen molar-refractivity contribution in [1.29, 1.82) is 0 Å². The molecule has 4 aromatic carbocycles. The Morgan fingerprint density at radius 2 is 0.480 bits per heavy atom. The average Bonchev–Trinajstić information content (AvgIpc) is 4.02. The summed E-state index contributed by atoms with van der Waals surface area (Å²) in [6.45, 7) is 0. The van der Waals surface area contributed by atoms with Crippen LogP contribution >= 0.6 is 0 Å². The Morgan fingerprint density at radius 1 is 0.260 bits per heavy atom. The van der Waals surface area contributed by atoms with E-state index in [1.54, 1.807) is 0 Å². The van der Waals surface area contributed by atoms with Gasteiger partial charge in [0.15, 0.2) is 0 Å². The molecule has 0 unspecified atom stereocenters. The minimum absolute atomic E-state index is 0.750. The van der Waals surface area contributed by atoms with E-state index in [1.807, 2.05) is 24.3 Å². The van der Waals surface area contributed by atoms with Crippen LogP contribution in [0.25, 0.3) is 22.3 Å². The smallest absolute Gasteiger partial charge is 0.0208 e. The molecule has 0 fully saturated rings. The van der Waals surface area contributed by atoms with Gasteiger partial charge in [-0.3, -0.25) is 0 Å². The van der Waals surface area contributed by atoms with Crippen LogP contribution < -0.4 is 41.3 Å². The van der Waals surface area contributed by atoms with Crippen molar-refractivity contribution in [3.8, 4) is 0 Å². The fraction of sp³-hybridized carbons (Fsp3) is 0. The Balaban J connectivity index is 0.00000177. The summed E-state index contributed by atoms with van der Waals surface area (Å²) in [4.78, 5) is 21.2. The molecule has 9 rings (SSSR count). The van der Waals surface area contributed by atoms with Gasteiger partial charge >= 0.3 is 23.7 Å². The summed E-state index contributed by atoms with van der Waals surface area (Å²) in [6.07, 6.45) is 0. The van der Waals surface area contributed by atoms with Crippen LogP contribution in [0.5, 0.6) is 0 Å². The summed E-state index contributed by atoms with van der Waals surface area (Å²) in [6, 6.07) is 58.4. The van der Waals surface area contributed by atoms with Gasteiger partial charge in [-0.25, -0.2) is 0 Å². The molecule has 0 saturated heterocycles. The molecule has 50 heavy (non-hydrogen) atoms. The summed E-state index contributed by atoms with van der Waals surface area (Å²) in [5.41, 5.74) is 11.6. The first-order chi connectivity index (χ1) is 24.8. The van der Waals surface area contributed by atoms with Crippen LogP contribution in [0, 0.1) is 0 Å². The zero-order chi connectivity index (χ0) is 33.9. The molecule has 0 saturated carbocycles. The number of hydrogen-bond acceptors (Lipinski definition) is 1. The van der Waals surface area contributed by atoms with E-state index >= 15 is 0 Å². The SMILES string of the molecule is [O]=[Ti].c1ccc(/C2=c3\cc/c([n-]3)=C(\c3ccccc3)c3ccc([n-]3)/C(c3ccccc3)=c3/cc/c([n-]3)=C(\c3ccccc3)c3ccc2[n-]3)cc1. The Morgan fingerprint density at radius 3 is 0.700 bits per heavy atom. The van der Waals surface area contributed by atoms with Crippen molar-refractivity contribution < 1.29 is 23.7 Å². The van der Waals surface area contributed by atoms with Crippen LogP contribution in [-0.2, 0) is 23.7 Å². The van der Waals surface area contributed by atoms with E-state index in [2.05, 4.69) is 146 Å². The number of fused-ring (bicyclic) bond motifs is 8. The van der Waals surface area contributed by atoms with Crippen molar-refractivity contribution in [2.24, 2.45) is 0 Å². The van der Waals surface area contributed by atoms with E-state index in [0.717, 1.165) is 109 Å². The van der Waals surface area contributed by atoms with Gasteiger partial charge in [0.25, 0.3) is 0 Å². The molecule has 0 aliphatic carbocycles. The Hall–Kier alpha value is -6.01. The number of rotatable bonds is 4. The van der Waals surface area contributed by atoms with Gasteiger partial charge in [0.05, 0.1) is 0 Å². The van der Waals surface area contributed by atoms with Gasteiger partial charge in [-0.2, -0.15) is 0 Å². The summed E-state index contributed by atoms with van der Waals surface area (Å²) >= 11 is 0.750. The zero-order valence-electron chi connectivity index (χ0n) is 26.9. The van der Waals surface area contributed by atoms with Gasteiger partial charge in [0.2, 0.25) is 0 Å². The third kappa shape index (κ3) is 5.83. The van der Waals surface area contributed by atoms with E-state index < -0.39 is 0 Å². The monoisotopic (exact) mass is 676 g/mol. The predicted molar refractivity (Wildman–Crippen MR) is 190 cm³/mol. The second kappa shape index (κ2) is 13.8.